The number of carbonyl (C=O) groups is 2. The van der Waals surface area contributed by atoms with Gasteiger partial charge in [0.2, 0.25) is 0 Å². The summed E-state index contributed by atoms with van der Waals surface area (Å²) in [6.45, 7) is 1.76. The van der Waals surface area contributed by atoms with E-state index in [1.54, 1.807) is 36.4 Å². The molecule has 1 heterocycles. The highest BCUT2D eigenvalue weighted by Gasteiger charge is 2.24. The maximum atomic E-state index is 12.0. The molecule has 0 aliphatic carbocycles. The SMILES string of the molecule is CC(=O)OCCOc1ccc(/C=C/c2nc3c(C(=O)OP(=O)(O)O)cccc3[nH]2)cc1. The van der Waals surface area contributed by atoms with E-state index in [1.165, 1.54) is 13.0 Å². The monoisotopic (exact) mass is 446 g/mol. The molecule has 0 unspecified atom stereocenters. The number of nitrogens with zero attached hydrogens (tertiary/aromatic N) is 1. The van der Waals surface area contributed by atoms with Crippen molar-refractivity contribution in [3.05, 3.63) is 59.4 Å². The van der Waals surface area contributed by atoms with Gasteiger partial charge in [0.1, 0.15) is 30.3 Å². The molecule has 2 aromatic carbocycles. The van der Waals surface area contributed by atoms with E-state index in [1.807, 2.05) is 12.1 Å². The molecule has 11 heteroatoms. The third-order valence-electron chi connectivity index (χ3n) is 3.92. The Bertz CT molecular complexity index is 1160. The fourth-order valence-corrected chi connectivity index (χ4v) is 2.96. The molecular formula is C20H19N2O8P. The molecule has 0 spiro atoms. The fraction of sp³-hybridized carbons (Fsp3) is 0.150. The van der Waals surface area contributed by atoms with Gasteiger partial charge in [-0.25, -0.2) is 14.3 Å². The summed E-state index contributed by atoms with van der Waals surface area (Å²) in [5.41, 5.74) is 1.54. The van der Waals surface area contributed by atoms with Gasteiger partial charge in [-0.3, -0.25) is 14.6 Å². The molecule has 0 amide bonds. The molecule has 3 aromatic rings. The number of ether oxygens (including phenoxy) is 2. The molecule has 0 fully saturated rings. The van der Waals surface area contributed by atoms with Crippen LogP contribution >= 0.6 is 7.82 Å². The van der Waals surface area contributed by atoms with Crippen molar-refractivity contribution in [1.29, 1.82) is 0 Å². The summed E-state index contributed by atoms with van der Waals surface area (Å²) < 4.78 is 25.3. The molecule has 0 saturated heterocycles. The highest BCUT2D eigenvalue weighted by molar-refractivity contribution is 7.46. The van der Waals surface area contributed by atoms with E-state index in [-0.39, 0.29) is 30.3 Å². The van der Waals surface area contributed by atoms with Crippen LogP contribution in [0.3, 0.4) is 0 Å². The maximum absolute atomic E-state index is 12.0. The number of para-hydroxylation sites is 1. The molecule has 3 rings (SSSR count). The van der Waals surface area contributed by atoms with Crippen LogP contribution in [0, 0.1) is 0 Å². The second-order valence-electron chi connectivity index (χ2n) is 6.28. The van der Waals surface area contributed by atoms with Crippen molar-refractivity contribution in [2.45, 2.75) is 6.92 Å². The number of benzene rings is 2. The molecule has 1 aromatic heterocycles. The van der Waals surface area contributed by atoms with Gasteiger partial charge in [-0.1, -0.05) is 24.3 Å². The van der Waals surface area contributed by atoms with Gasteiger partial charge in [0.15, 0.2) is 0 Å². The van der Waals surface area contributed by atoms with Gasteiger partial charge < -0.3 is 19.0 Å². The second-order valence-corrected chi connectivity index (χ2v) is 7.45. The largest absolute Gasteiger partial charge is 0.527 e. The zero-order chi connectivity index (χ0) is 22.4. The van der Waals surface area contributed by atoms with E-state index in [4.69, 9.17) is 19.3 Å². The van der Waals surface area contributed by atoms with Gasteiger partial charge in [0.05, 0.1) is 11.1 Å². The first-order valence-corrected chi connectivity index (χ1v) is 10.6. The maximum Gasteiger partial charge on any atom is 0.527 e. The molecule has 3 N–H and O–H groups in total. The Morgan fingerprint density at radius 1 is 1.10 bits per heavy atom. The van der Waals surface area contributed by atoms with Crippen LogP contribution in [0.5, 0.6) is 5.75 Å². The van der Waals surface area contributed by atoms with E-state index < -0.39 is 13.8 Å². The summed E-state index contributed by atoms with van der Waals surface area (Å²) in [6.07, 6.45) is 3.47. The first kappa shape index (κ1) is 22.2. The van der Waals surface area contributed by atoms with Crippen LogP contribution in [0.15, 0.2) is 42.5 Å². The lowest BCUT2D eigenvalue weighted by Gasteiger charge is -2.06. The lowest BCUT2D eigenvalue weighted by atomic mass is 10.2. The van der Waals surface area contributed by atoms with Crippen LogP contribution in [0.4, 0.5) is 0 Å². The summed E-state index contributed by atoms with van der Waals surface area (Å²) in [5, 5.41) is 0. The Balaban J connectivity index is 1.69. The Morgan fingerprint density at radius 2 is 1.84 bits per heavy atom. The molecule has 162 valence electrons. The van der Waals surface area contributed by atoms with Crippen LogP contribution < -0.4 is 4.74 Å². The van der Waals surface area contributed by atoms with E-state index in [9.17, 15) is 14.2 Å². The van der Waals surface area contributed by atoms with Crippen molar-refractivity contribution in [1.82, 2.24) is 9.97 Å². The Hall–Kier alpha value is -3.46. The summed E-state index contributed by atoms with van der Waals surface area (Å²) in [6, 6.07) is 11.8. The second kappa shape index (κ2) is 9.57. The van der Waals surface area contributed by atoms with Crippen LogP contribution in [0.25, 0.3) is 23.2 Å². The van der Waals surface area contributed by atoms with Crippen LogP contribution in [0.2, 0.25) is 0 Å². The third-order valence-corrected chi connectivity index (χ3v) is 4.33. The van der Waals surface area contributed by atoms with Crippen LogP contribution in [-0.4, -0.2) is 44.9 Å². The van der Waals surface area contributed by atoms with Crippen molar-refractivity contribution in [3.63, 3.8) is 0 Å². The first-order valence-electron chi connectivity index (χ1n) is 9.04. The van der Waals surface area contributed by atoms with E-state index in [0.717, 1.165) is 5.56 Å². The summed E-state index contributed by atoms with van der Waals surface area (Å²) in [4.78, 5) is 47.7. The lowest BCUT2D eigenvalue weighted by molar-refractivity contribution is -0.141. The Labute approximate surface area is 176 Å². The van der Waals surface area contributed by atoms with Crippen LogP contribution in [0.1, 0.15) is 28.7 Å². The van der Waals surface area contributed by atoms with Crippen molar-refractivity contribution in [3.8, 4) is 5.75 Å². The van der Waals surface area contributed by atoms with Gasteiger partial charge in [-0.2, -0.15) is 0 Å². The number of hydrogen-bond donors (Lipinski definition) is 3. The fourth-order valence-electron chi connectivity index (χ4n) is 2.65. The van der Waals surface area contributed by atoms with Gasteiger partial charge in [-0.05, 0) is 35.9 Å². The summed E-state index contributed by atoms with van der Waals surface area (Å²) >= 11 is 0. The number of aromatic amines is 1. The molecule has 31 heavy (non-hydrogen) atoms. The third kappa shape index (κ3) is 6.51. The predicted octanol–water partition coefficient (Wildman–Crippen LogP) is 2.92. The van der Waals surface area contributed by atoms with Crippen molar-refractivity contribution in [2.24, 2.45) is 0 Å². The summed E-state index contributed by atoms with van der Waals surface area (Å²) in [5.74, 6) is -0.458. The number of phosphoric acid groups is 1. The van der Waals surface area contributed by atoms with Gasteiger partial charge in [0.25, 0.3) is 0 Å². The summed E-state index contributed by atoms with van der Waals surface area (Å²) in [7, 11) is -4.96. The van der Waals surface area contributed by atoms with Crippen molar-refractivity contribution >= 4 is 42.9 Å². The first-order chi connectivity index (χ1) is 14.7. The number of carbonyl (C=O) groups excluding carboxylic acids is 2. The van der Waals surface area contributed by atoms with Gasteiger partial charge in [-0.15, -0.1) is 0 Å². The average molecular weight is 446 g/mol. The molecule has 0 atom stereocenters. The topological polar surface area (TPSA) is 148 Å². The minimum Gasteiger partial charge on any atom is -0.490 e. The normalized spacial score (nSPS) is 11.6. The number of hydrogen-bond acceptors (Lipinski definition) is 7. The number of nitrogens with one attached hydrogen (secondary N) is 1. The number of phosphoric ester groups is 1. The molecule has 0 aliphatic heterocycles. The molecule has 0 bridgehead atoms. The number of H-pyrrole nitrogens is 1. The van der Waals surface area contributed by atoms with Gasteiger partial charge in [0, 0.05) is 6.92 Å². The number of imidazole rings is 1. The van der Waals surface area contributed by atoms with E-state index in [0.29, 0.717) is 17.1 Å². The van der Waals surface area contributed by atoms with E-state index >= 15 is 0 Å². The smallest absolute Gasteiger partial charge is 0.490 e. The Morgan fingerprint density at radius 3 is 2.52 bits per heavy atom. The molecule has 0 aliphatic rings. The number of aromatic nitrogens is 2. The highest BCUT2D eigenvalue weighted by Crippen LogP contribution is 2.37. The number of fused-ring (bicyclic) bond motifs is 1. The zero-order valence-corrected chi connectivity index (χ0v) is 17.2. The predicted molar refractivity (Wildman–Crippen MR) is 111 cm³/mol. The molecule has 0 saturated carbocycles. The minimum absolute atomic E-state index is 0.0630. The molecular weight excluding hydrogens is 427 g/mol. The zero-order valence-electron chi connectivity index (χ0n) is 16.3. The standard InChI is InChI=1S/C20H19N2O8P/c1-13(23)28-11-12-29-15-8-5-14(6-9-15)7-10-18-21-17-4-2-3-16(19(17)22-18)20(24)30-31(25,26)27/h2-10H,11-12H2,1H3,(H,21,22)(H2,25,26,27)/b10-7+. The molecule has 10 nitrogen and oxygen atoms in total. The average Bonchev–Trinajstić information content (AvgIpc) is 3.12. The highest BCUT2D eigenvalue weighted by atomic mass is 31.2. The Kier molecular flexibility index (Phi) is 6.86. The molecule has 0 radical (unpaired) electrons. The van der Waals surface area contributed by atoms with E-state index in [2.05, 4.69) is 14.5 Å². The quantitative estimate of drug-likeness (QED) is 0.270. The minimum atomic E-state index is -4.96. The van der Waals surface area contributed by atoms with Gasteiger partial charge >= 0.3 is 19.8 Å². The van der Waals surface area contributed by atoms with Crippen molar-refractivity contribution in [2.75, 3.05) is 13.2 Å². The number of rotatable bonds is 8. The van der Waals surface area contributed by atoms with Crippen molar-refractivity contribution < 1.29 is 37.9 Å². The lowest BCUT2D eigenvalue weighted by Crippen LogP contribution is -2.09. The van der Waals surface area contributed by atoms with Crippen LogP contribution in [-0.2, 0) is 18.6 Å². The number of esters is 1.